The molecular weight excluding hydrogens is 264 g/mol. The molecule has 0 amide bonds. The molecule has 1 aliphatic heterocycles. The van der Waals surface area contributed by atoms with Gasteiger partial charge in [-0.05, 0) is 50.8 Å². The van der Waals surface area contributed by atoms with Crippen molar-refractivity contribution in [1.29, 1.82) is 0 Å². The molecule has 0 spiro atoms. The van der Waals surface area contributed by atoms with Crippen LogP contribution in [0.4, 0.5) is 0 Å². The highest BCUT2D eigenvalue weighted by atomic mass is 35.5. The Morgan fingerprint density at radius 3 is 2.58 bits per heavy atom. The van der Waals surface area contributed by atoms with Crippen LogP contribution in [0.1, 0.15) is 53.2 Å². The van der Waals surface area contributed by atoms with Crippen LogP contribution >= 0.6 is 12.4 Å². The number of hydrogen-bond acceptors (Lipinski definition) is 3. The van der Waals surface area contributed by atoms with E-state index < -0.39 is 0 Å². The Bertz CT molecular complexity index is 533. The number of ketones is 1. The van der Waals surface area contributed by atoms with E-state index in [2.05, 4.69) is 10.3 Å². The van der Waals surface area contributed by atoms with Gasteiger partial charge in [0.25, 0.3) is 5.56 Å². The van der Waals surface area contributed by atoms with Gasteiger partial charge in [0.15, 0.2) is 5.78 Å². The number of aromatic nitrogens is 1. The van der Waals surface area contributed by atoms with Crippen molar-refractivity contribution in [3.05, 3.63) is 33.2 Å². The Morgan fingerprint density at radius 1 is 1.11 bits per heavy atom. The molecule has 19 heavy (non-hydrogen) atoms. The number of nitrogens with one attached hydrogen (secondary N) is 2. The lowest BCUT2D eigenvalue weighted by Crippen LogP contribution is -2.31. The number of aromatic amines is 1. The van der Waals surface area contributed by atoms with E-state index in [1.807, 2.05) is 6.07 Å². The van der Waals surface area contributed by atoms with E-state index in [1.54, 1.807) is 0 Å². The fraction of sp³-hybridized carbons (Fsp3) is 0.571. The number of piperidine rings is 1. The monoisotopic (exact) mass is 282 g/mol. The largest absolute Gasteiger partial charge is 0.325 e. The molecule has 104 valence electrons. The van der Waals surface area contributed by atoms with Crippen LogP contribution < -0.4 is 10.9 Å². The second-order valence-electron chi connectivity index (χ2n) is 5.25. The third kappa shape index (κ3) is 2.74. The zero-order valence-electron chi connectivity index (χ0n) is 10.8. The van der Waals surface area contributed by atoms with Crippen LogP contribution in [0, 0.1) is 0 Å². The first-order valence-electron chi connectivity index (χ1n) is 6.75. The fourth-order valence-corrected chi connectivity index (χ4v) is 3.03. The maximum Gasteiger partial charge on any atom is 0.251 e. The van der Waals surface area contributed by atoms with Crippen molar-refractivity contribution in [3.8, 4) is 0 Å². The van der Waals surface area contributed by atoms with Crippen LogP contribution in [0.5, 0.6) is 0 Å². The van der Waals surface area contributed by atoms with Gasteiger partial charge in [-0.1, -0.05) is 0 Å². The molecule has 3 rings (SSSR count). The second kappa shape index (κ2) is 5.88. The summed E-state index contributed by atoms with van der Waals surface area (Å²) in [6.45, 7) is 1.91. The SMILES string of the molecule is Cl.O=C1CCCc2[nH]c(=O)c(C3CCNCC3)cc21. The molecule has 0 radical (unpaired) electrons. The number of aryl methyl sites for hydroxylation is 1. The van der Waals surface area contributed by atoms with Crippen molar-refractivity contribution in [2.75, 3.05) is 13.1 Å². The standard InChI is InChI=1S/C14H18N2O2.ClH/c17-13-3-1-2-12-11(13)8-10(14(18)16-12)9-4-6-15-7-5-9;/h8-9,15H,1-7H2,(H,16,18);1H. The second-order valence-corrected chi connectivity index (χ2v) is 5.25. The van der Waals surface area contributed by atoms with Crippen LogP contribution in [0.15, 0.2) is 10.9 Å². The molecule has 0 bridgehead atoms. The number of rotatable bonds is 1. The predicted octanol–water partition coefficient (Wildman–Crippen LogP) is 1.78. The van der Waals surface area contributed by atoms with E-state index in [-0.39, 0.29) is 23.7 Å². The summed E-state index contributed by atoms with van der Waals surface area (Å²) in [5.74, 6) is 0.484. The molecule has 2 heterocycles. The molecule has 0 aromatic carbocycles. The predicted molar refractivity (Wildman–Crippen MR) is 76.4 cm³/mol. The number of fused-ring (bicyclic) bond motifs is 1. The van der Waals surface area contributed by atoms with Gasteiger partial charge < -0.3 is 10.3 Å². The lowest BCUT2D eigenvalue weighted by Gasteiger charge is -2.24. The fourth-order valence-electron chi connectivity index (χ4n) is 3.03. The van der Waals surface area contributed by atoms with Gasteiger partial charge in [-0.15, -0.1) is 12.4 Å². The highest BCUT2D eigenvalue weighted by Crippen LogP contribution is 2.26. The summed E-state index contributed by atoms with van der Waals surface area (Å²) in [5.41, 5.74) is 2.42. The van der Waals surface area contributed by atoms with Gasteiger partial charge in [0, 0.05) is 23.2 Å². The van der Waals surface area contributed by atoms with Crippen LogP contribution in [0.2, 0.25) is 0 Å². The lowest BCUT2D eigenvalue weighted by molar-refractivity contribution is 0.0971. The average Bonchev–Trinajstić information content (AvgIpc) is 2.39. The molecule has 0 saturated carbocycles. The molecule has 2 N–H and O–H groups in total. The number of pyridine rings is 1. The molecule has 1 fully saturated rings. The quantitative estimate of drug-likeness (QED) is 0.825. The summed E-state index contributed by atoms with van der Waals surface area (Å²) < 4.78 is 0. The van der Waals surface area contributed by atoms with Gasteiger partial charge in [-0.2, -0.15) is 0 Å². The Hall–Kier alpha value is -1.13. The normalized spacial score (nSPS) is 19.7. The molecule has 0 atom stereocenters. The molecular formula is C14H19ClN2O2. The molecule has 5 heteroatoms. The average molecular weight is 283 g/mol. The van der Waals surface area contributed by atoms with Crippen molar-refractivity contribution in [1.82, 2.24) is 10.3 Å². The zero-order valence-corrected chi connectivity index (χ0v) is 11.6. The third-order valence-corrected chi connectivity index (χ3v) is 4.06. The molecule has 1 saturated heterocycles. The van der Waals surface area contributed by atoms with E-state index in [4.69, 9.17) is 0 Å². The first-order valence-corrected chi connectivity index (χ1v) is 6.75. The topological polar surface area (TPSA) is 62.0 Å². The Balaban J connectivity index is 0.00000133. The number of hydrogen-bond donors (Lipinski definition) is 2. The van der Waals surface area contributed by atoms with Crippen LogP contribution in [0.3, 0.4) is 0 Å². The highest BCUT2D eigenvalue weighted by Gasteiger charge is 2.23. The smallest absolute Gasteiger partial charge is 0.251 e. The van der Waals surface area contributed by atoms with Crippen molar-refractivity contribution >= 4 is 18.2 Å². The first-order chi connectivity index (χ1) is 8.75. The maximum atomic E-state index is 12.1. The highest BCUT2D eigenvalue weighted by molar-refractivity contribution is 5.98. The number of H-pyrrole nitrogens is 1. The third-order valence-electron chi connectivity index (χ3n) is 4.06. The number of Topliss-reactive ketones (excluding diaryl/α,β-unsaturated/α-hetero) is 1. The lowest BCUT2D eigenvalue weighted by atomic mass is 9.87. The summed E-state index contributed by atoms with van der Waals surface area (Å²) in [5, 5.41) is 3.30. The minimum atomic E-state index is 0. The van der Waals surface area contributed by atoms with Crippen LogP contribution in [-0.4, -0.2) is 23.9 Å². The van der Waals surface area contributed by atoms with Gasteiger partial charge in [0.05, 0.1) is 0 Å². The van der Waals surface area contributed by atoms with Gasteiger partial charge in [-0.3, -0.25) is 9.59 Å². The van der Waals surface area contributed by atoms with E-state index in [9.17, 15) is 9.59 Å². The van der Waals surface area contributed by atoms with Crippen molar-refractivity contribution in [2.24, 2.45) is 0 Å². The van der Waals surface area contributed by atoms with E-state index in [1.165, 1.54) is 0 Å². The molecule has 1 aromatic rings. The molecule has 0 unspecified atom stereocenters. The number of carbonyl (C=O) groups is 1. The van der Waals surface area contributed by atoms with Gasteiger partial charge >= 0.3 is 0 Å². The summed E-state index contributed by atoms with van der Waals surface area (Å²) in [7, 11) is 0. The maximum absolute atomic E-state index is 12.1. The van der Waals surface area contributed by atoms with Gasteiger partial charge in [-0.25, -0.2) is 0 Å². The Kier molecular flexibility index (Phi) is 4.42. The van der Waals surface area contributed by atoms with Crippen LogP contribution in [0.25, 0.3) is 0 Å². The molecule has 2 aliphatic rings. The van der Waals surface area contributed by atoms with E-state index >= 15 is 0 Å². The number of halogens is 1. The van der Waals surface area contributed by atoms with Crippen molar-refractivity contribution < 1.29 is 4.79 Å². The molecule has 1 aliphatic carbocycles. The molecule has 4 nitrogen and oxygen atoms in total. The summed E-state index contributed by atoms with van der Waals surface area (Å²) >= 11 is 0. The summed E-state index contributed by atoms with van der Waals surface area (Å²) in [4.78, 5) is 26.9. The van der Waals surface area contributed by atoms with Gasteiger partial charge in [0.2, 0.25) is 0 Å². The summed E-state index contributed by atoms with van der Waals surface area (Å²) in [6, 6.07) is 1.87. The van der Waals surface area contributed by atoms with Gasteiger partial charge in [0.1, 0.15) is 0 Å². The Morgan fingerprint density at radius 2 is 1.84 bits per heavy atom. The van der Waals surface area contributed by atoms with Crippen molar-refractivity contribution in [3.63, 3.8) is 0 Å². The van der Waals surface area contributed by atoms with Crippen molar-refractivity contribution in [2.45, 2.75) is 38.0 Å². The number of carbonyl (C=O) groups excluding carboxylic acids is 1. The first kappa shape index (κ1) is 14.3. The molecule has 1 aromatic heterocycles. The van der Waals surface area contributed by atoms with E-state index in [0.29, 0.717) is 12.3 Å². The zero-order chi connectivity index (χ0) is 12.5. The summed E-state index contributed by atoms with van der Waals surface area (Å²) in [6.07, 6.45) is 4.26. The minimum Gasteiger partial charge on any atom is -0.325 e. The minimum absolute atomic E-state index is 0. The Labute approximate surface area is 118 Å². The van der Waals surface area contributed by atoms with E-state index in [0.717, 1.165) is 55.6 Å². The van der Waals surface area contributed by atoms with Crippen LogP contribution in [-0.2, 0) is 6.42 Å².